The van der Waals surface area contributed by atoms with E-state index in [1.54, 1.807) is 24.8 Å². The van der Waals surface area contributed by atoms with E-state index >= 15 is 0 Å². The molecule has 200 valence electrons. The number of benzene rings is 1. The van der Waals surface area contributed by atoms with Crippen LogP contribution >= 0.6 is 0 Å². The molecule has 0 radical (unpaired) electrons. The lowest BCUT2D eigenvalue weighted by Crippen LogP contribution is -2.25. The van der Waals surface area contributed by atoms with Crippen LogP contribution in [0.1, 0.15) is 12.8 Å². The van der Waals surface area contributed by atoms with Crippen molar-refractivity contribution in [3.05, 3.63) is 67.0 Å². The van der Waals surface area contributed by atoms with Crippen molar-refractivity contribution in [2.45, 2.75) is 12.8 Å². The summed E-state index contributed by atoms with van der Waals surface area (Å²) < 4.78 is 20.6. The lowest BCUT2D eigenvalue weighted by molar-refractivity contribution is 0.237. The average Bonchev–Trinajstić information content (AvgIpc) is 3.72. The molecule has 4 N–H and O–H groups in total. The minimum atomic E-state index is -0.372. The van der Waals surface area contributed by atoms with Crippen LogP contribution in [-0.4, -0.2) is 66.3 Å². The fourth-order valence-corrected chi connectivity index (χ4v) is 5.21. The maximum atomic E-state index is 14.7. The molecule has 7 rings (SSSR count). The van der Waals surface area contributed by atoms with Gasteiger partial charge < -0.3 is 15.5 Å². The van der Waals surface area contributed by atoms with Crippen molar-refractivity contribution in [1.82, 2.24) is 40.0 Å². The van der Waals surface area contributed by atoms with E-state index in [4.69, 9.17) is 15.5 Å². The maximum absolute atomic E-state index is 14.7. The number of nitrogen functional groups attached to an aromatic ring is 1. The molecule has 1 aliphatic heterocycles. The number of nitrogens with two attached hydrogens (primary N) is 1. The zero-order chi connectivity index (χ0) is 27.1. The van der Waals surface area contributed by atoms with Crippen molar-refractivity contribution in [3.63, 3.8) is 0 Å². The Morgan fingerprint density at radius 2 is 1.90 bits per heavy atom. The van der Waals surface area contributed by atoms with Crippen LogP contribution in [0.4, 0.5) is 10.1 Å². The molecule has 1 aliphatic rings. The summed E-state index contributed by atoms with van der Waals surface area (Å²) in [5.41, 5.74) is 11.9. The first-order valence-corrected chi connectivity index (χ1v) is 13.2. The average molecular weight is 536 g/mol. The molecule has 10 nitrogen and oxygen atoms in total. The van der Waals surface area contributed by atoms with Crippen LogP contribution in [0, 0.1) is 5.82 Å². The number of aromatic nitrogens is 7. The van der Waals surface area contributed by atoms with Crippen LogP contribution < -0.4 is 10.5 Å². The Morgan fingerprint density at radius 3 is 2.77 bits per heavy atom. The Morgan fingerprint density at radius 1 is 1.00 bits per heavy atom. The highest BCUT2D eigenvalue weighted by atomic mass is 19.1. The Balaban J connectivity index is 1.23. The summed E-state index contributed by atoms with van der Waals surface area (Å²) in [7, 11) is 0. The van der Waals surface area contributed by atoms with Crippen molar-refractivity contribution in [1.29, 1.82) is 0 Å². The highest BCUT2D eigenvalue weighted by molar-refractivity contribution is 5.96. The normalized spacial score (nSPS) is 13.9. The van der Waals surface area contributed by atoms with Crippen molar-refractivity contribution < 1.29 is 9.13 Å². The monoisotopic (exact) mass is 535 g/mol. The third-order valence-corrected chi connectivity index (χ3v) is 7.17. The number of fused-ring (bicyclic) bond motifs is 2. The number of H-pyrrole nitrogens is 2. The van der Waals surface area contributed by atoms with Gasteiger partial charge in [-0.25, -0.2) is 14.4 Å². The van der Waals surface area contributed by atoms with Crippen LogP contribution in [0.3, 0.4) is 0 Å². The number of nitrogens with zero attached hydrogens (tertiary/aromatic N) is 6. The molecule has 1 aromatic carbocycles. The largest absolute Gasteiger partial charge is 0.492 e. The van der Waals surface area contributed by atoms with Gasteiger partial charge in [0, 0.05) is 47.7 Å². The number of pyridine rings is 3. The zero-order valence-corrected chi connectivity index (χ0v) is 21.6. The summed E-state index contributed by atoms with van der Waals surface area (Å²) in [4.78, 5) is 23.6. The van der Waals surface area contributed by atoms with Crippen LogP contribution in [0.25, 0.3) is 56.0 Å². The van der Waals surface area contributed by atoms with Crippen LogP contribution in [-0.2, 0) is 0 Å². The number of rotatable bonds is 7. The fourth-order valence-electron chi connectivity index (χ4n) is 5.21. The van der Waals surface area contributed by atoms with E-state index in [9.17, 15) is 4.39 Å². The number of likely N-dealkylation sites (tertiary alicyclic amines) is 1. The van der Waals surface area contributed by atoms with Gasteiger partial charge >= 0.3 is 0 Å². The second-order valence-corrected chi connectivity index (χ2v) is 9.91. The third-order valence-electron chi connectivity index (χ3n) is 7.17. The second kappa shape index (κ2) is 10.0. The maximum Gasteiger partial charge on any atom is 0.160 e. The molecule has 6 aromatic rings. The number of nitrogens with one attached hydrogen (secondary N) is 2. The highest BCUT2D eigenvalue weighted by Crippen LogP contribution is 2.33. The Kier molecular flexibility index (Phi) is 6.05. The van der Waals surface area contributed by atoms with Gasteiger partial charge in [-0.1, -0.05) is 0 Å². The Labute approximate surface area is 228 Å². The molecule has 0 amide bonds. The van der Waals surface area contributed by atoms with E-state index < -0.39 is 0 Å². The van der Waals surface area contributed by atoms with Gasteiger partial charge in [-0.2, -0.15) is 5.10 Å². The molecule has 0 aliphatic carbocycles. The Bertz CT molecular complexity index is 1840. The first-order valence-electron chi connectivity index (χ1n) is 13.2. The minimum absolute atomic E-state index is 0.372. The van der Waals surface area contributed by atoms with E-state index in [-0.39, 0.29) is 5.82 Å². The molecule has 5 aromatic heterocycles. The summed E-state index contributed by atoms with van der Waals surface area (Å²) in [6.07, 6.45) is 9.14. The molecular formula is C29H26FN9O. The zero-order valence-electron chi connectivity index (χ0n) is 21.6. The van der Waals surface area contributed by atoms with Crippen molar-refractivity contribution >= 4 is 27.8 Å². The molecule has 0 atom stereocenters. The molecule has 1 saturated heterocycles. The molecule has 1 fully saturated rings. The highest BCUT2D eigenvalue weighted by Gasteiger charge is 2.18. The molecule has 40 heavy (non-hydrogen) atoms. The summed E-state index contributed by atoms with van der Waals surface area (Å²) in [5.74, 6) is 0.649. The number of hydrogen-bond acceptors (Lipinski definition) is 8. The van der Waals surface area contributed by atoms with Crippen LogP contribution in [0.5, 0.6) is 5.75 Å². The van der Waals surface area contributed by atoms with Crippen LogP contribution in [0.15, 0.2) is 61.2 Å². The van der Waals surface area contributed by atoms with Crippen molar-refractivity contribution in [3.8, 4) is 39.7 Å². The standard InChI is InChI=1S/C29H26FN9O/c30-19-9-17(11-21(12-19)40-8-7-39-5-1-2-6-39)22-3-4-33-28-26(22)35-29(36-28)27-23-13-24(34-16-25(23)37-38-27)18-10-20(31)15-32-14-18/h3-4,9-16H,1-2,5-8,31H2,(H,37,38)(H,33,35,36). The summed E-state index contributed by atoms with van der Waals surface area (Å²) in [5, 5.41) is 8.34. The lowest BCUT2D eigenvalue weighted by Gasteiger charge is -2.15. The first kappa shape index (κ1) is 24.2. The predicted molar refractivity (Wildman–Crippen MR) is 151 cm³/mol. The third kappa shape index (κ3) is 4.60. The number of aromatic amines is 2. The van der Waals surface area contributed by atoms with E-state index in [0.717, 1.165) is 41.7 Å². The van der Waals surface area contributed by atoms with Gasteiger partial charge in [0.25, 0.3) is 0 Å². The van der Waals surface area contributed by atoms with E-state index in [2.05, 4.69) is 35.0 Å². The first-order chi connectivity index (χ1) is 19.6. The summed E-state index contributed by atoms with van der Waals surface area (Å²) in [6, 6.07) is 10.3. The molecular weight excluding hydrogens is 509 g/mol. The number of imidazole rings is 1. The van der Waals surface area contributed by atoms with Gasteiger partial charge in [0.1, 0.15) is 29.4 Å². The SMILES string of the molecule is Nc1cncc(-c2cc3c(-c4nc5c(-c6cc(F)cc(OCCN7CCCC7)c6)ccnc5[nH]4)n[nH]c3cn2)c1. The van der Waals surface area contributed by atoms with Gasteiger partial charge in [0.05, 0.1) is 23.1 Å². The number of ether oxygens (including phenoxy) is 1. The molecule has 11 heteroatoms. The lowest BCUT2D eigenvalue weighted by atomic mass is 10.1. The van der Waals surface area contributed by atoms with Crippen molar-refractivity contribution in [2.75, 3.05) is 32.0 Å². The molecule has 6 heterocycles. The Hall–Kier alpha value is -4.90. The van der Waals surface area contributed by atoms with Gasteiger partial charge in [-0.3, -0.25) is 20.0 Å². The quantitative estimate of drug-likeness (QED) is 0.265. The summed E-state index contributed by atoms with van der Waals surface area (Å²) >= 11 is 0. The van der Waals surface area contributed by atoms with Gasteiger partial charge in [-0.05, 0) is 61.8 Å². The number of hydrogen-bond donors (Lipinski definition) is 3. The smallest absolute Gasteiger partial charge is 0.160 e. The predicted octanol–water partition coefficient (Wildman–Crippen LogP) is 4.82. The summed E-state index contributed by atoms with van der Waals surface area (Å²) in [6.45, 7) is 3.53. The van der Waals surface area contributed by atoms with E-state index in [1.807, 2.05) is 24.3 Å². The van der Waals surface area contributed by atoms with E-state index in [0.29, 0.717) is 52.0 Å². The van der Waals surface area contributed by atoms with Gasteiger partial charge in [0.15, 0.2) is 11.5 Å². The number of anilines is 1. The van der Waals surface area contributed by atoms with E-state index in [1.165, 1.54) is 25.0 Å². The molecule has 0 bridgehead atoms. The second-order valence-electron chi connectivity index (χ2n) is 9.91. The molecule has 0 spiro atoms. The molecule has 0 saturated carbocycles. The van der Waals surface area contributed by atoms with Gasteiger partial charge in [-0.15, -0.1) is 0 Å². The molecule has 0 unspecified atom stereocenters. The van der Waals surface area contributed by atoms with Crippen LogP contribution in [0.2, 0.25) is 0 Å². The minimum Gasteiger partial charge on any atom is -0.492 e. The fraction of sp³-hybridized carbons (Fsp3) is 0.207. The number of halogens is 1. The van der Waals surface area contributed by atoms with Crippen molar-refractivity contribution in [2.24, 2.45) is 0 Å². The van der Waals surface area contributed by atoms with Gasteiger partial charge in [0.2, 0.25) is 0 Å². The topological polar surface area (TPSA) is 135 Å².